The van der Waals surface area contributed by atoms with E-state index in [2.05, 4.69) is 29.5 Å². The highest BCUT2D eigenvalue weighted by Gasteiger charge is 2.15. The zero-order valence-corrected chi connectivity index (χ0v) is 11.5. The minimum Gasteiger partial charge on any atom is -0.379 e. The molecule has 0 aliphatic carbocycles. The van der Waals surface area contributed by atoms with E-state index in [9.17, 15) is 10.1 Å². The molecule has 0 saturated carbocycles. The van der Waals surface area contributed by atoms with E-state index < -0.39 is 4.92 Å². The van der Waals surface area contributed by atoms with Gasteiger partial charge in [-0.2, -0.15) is 0 Å². The largest absolute Gasteiger partial charge is 0.379 e. The minimum atomic E-state index is -0.455. The van der Waals surface area contributed by atoms with E-state index in [0.29, 0.717) is 31.5 Å². The van der Waals surface area contributed by atoms with Crippen molar-refractivity contribution < 1.29 is 9.66 Å². The highest BCUT2D eigenvalue weighted by Crippen LogP contribution is 2.23. The van der Waals surface area contributed by atoms with Crippen LogP contribution >= 0.6 is 0 Å². The van der Waals surface area contributed by atoms with E-state index in [1.54, 1.807) is 13.1 Å². The van der Waals surface area contributed by atoms with Crippen molar-refractivity contribution in [2.45, 2.75) is 13.8 Å². The van der Waals surface area contributed by atoms with Crippen LogP contribution in [-0.4, -0.2) is 36.7 Å². The Hall–Kier alpha value is -1.89. The maximum absolute atomic E-state index is 10.9. The van der Waals surface area contributed by atoms with Gasteiger partial charge in [0.2, 0.25) is 5.82 Å². The summed E-state index contributed by atoms with van der Waals surface area (Å²) in [5, 5.41) is 16.6. The van der Waals surface area contributed by atoms with Gasteiger partial charge >= 0.3 is 5.69 Å². The van der Waals surface area contributed by atoms with Gasteiger partial charge in [0.25, 0.3) is 0 Å². The predicted molar refractivity (Wildman–Crippen MR) is 74.6 cm³/mol. The Labute approximate surface area is 112 Å². The van der Waals surface area contributed by atoms with Crippen LogP contribution in [-0.2, 0) is 4.74 Å². The molecule has 19 heavy (non-hydrogen) atoms. The van der Waals surface area contributed by atoms with E-state index in [4.69, 9.17) is 4.74 Å². The van der Waals surface area contributed by atoms with Crippen molar-refractivity contribution in [3.8, 4) is 0 Å². The fourth-order valence-corrected chi connectivity index (χ4v) is 1.43. The molecule has 0 fully saturated rings. The normalized spacial score (nSPS) is 10.5. The fourth-order valence-electron chi connectivity index (χ4n) is 1.43. The Bertz CT molecular complexity index is 423. The molecule has 0 saturated heterocycles. The number of pyridine rings is 1. The summed E-state index contributed by atoms with van der Waals surface area (Å²) in [6, 6.07) is 2.99. The van der Waals surface area contributed by atoms with Crippen LogP contribution in [0.15, 0.2) is 12.1 Å². The maximum Gasteiger partial charge on any atom is 0.311 e. The lowest BCUT2D eigenvalue weighted by Gasteiger charge is -2.09. The van der Waals surface area contributed by atoms with Crippen LogP contribution in [0, 0.1) is 16.0 Å². The predicted octanol–water partition coefficient (Wildman–Crippen LogP) is 2.12. The third-order valence-electron chi connectivity index (χ3n) is 2.32. The number of nitrogens with zero attached hydrogens (tertiary/aromatic N) is 2. The van der Waals surface area contributed by atoms with E-state index >= 15 is 0 Å². The van der Waals surface area contributed by atoms with Crippen LogP contribution in [0.1, 0.15) is 13.8 Å². The highest BCUT2D eigenvalue weighted by atomic mass is 16.6. The van der Waals surface area contributed by atoms with Crippen LogP contribution < -0.4 is 10.6 Å². The number of ether oxygens (including phenoxy) is 1. The van der Waals surface area contributed by atoms with E-state index in [1.807, 2.05) is 0 Å². The minimum absolute atomic E-state index is 0.0390. The molecule has 0 aliphatic rings. The summed E-state index contributed by atoms with van der Waals surface area (Å²) in [7, 11) is 1.71. The van der Waals surface area contributed by atoms with Gasteiger partial charge in [-0.25, -0.2) is 4.98 Å². The maximum atomic E-state index is 10.9. The first-order valence-electron chi connectivity index (χ1n) is 6.19. The van der Waals surface area contributed by atoms with Crippen molar-refractivity contribution in [1.29, 1.82) is 0 Å². The van der Waals surface area contributed by atoms with Crippen LogP contribution in [0.25, 0.3) is 0 Å². The SMILES string of the molecule is CNc1ccc([N+](=O)[O-])c(NCCOCC(C)C)n1. The molecular formula is C12H20N4O3. The number of rotatable bonds is 8. The van der Waals surface area contributed by atoms with Crippen LogP contribution in [0.5, 0.6) is 0 Å². The summed E-state index contributed by atoms with van der Waals surface area (Å²) in [5.41, 5.74) is -0.0390. The number of aromatic nitrogens is 1. The molecule has 0 amide bonds. The molecule has 0 bridgehead atoms. The smallest absolute Gasteiger partial charge is 0.311 e. The molecule has 106 valence electrons. The van der Waals surface area contributed by atoms with Crippen molar-refractivity contribution in [2.24, 2.45) is 5.92 Å². The number of hydrogen-bond donors (Lipinski definition) is 2. The first-order valence-corrected chi connectivity index (χ1v) is 6.19. The van der Waals surface area contributed by atoms with Crippen molar-refractivity contribution in [3.63, 3.8) is 0 Å². The first kappa shape index (κ1) is 15.2. The molecule has 1 aromatic rings. The number of nitrogens with one attached hydrogen (secondary N) is 2. The van der Waals surface area contributed by atoms with Gasteiger partial charge in [-0.1, -0.05) is 13.8 Å². The van der Waals surface area contributed by atoms with Gasteiger partial charge in [-0.05, 0) is 12.0 Å². The monoisotopic (exact) mass is 268 g/mol. The van der Waals surface area contributed by atoms with Gasteiger partial charge in [0.05, 0.1) is 11.5 Å². The highest BCUT2D eigenvalue weighted by molar-refractivity contribution is 5.60. The Morgan fingerprint density at radius 1 is 1.47 bits per heavy atom. The van der Waals surface area contributed by atoms with Crippen LogP contribution in [0.3, 0.4) is 0 Å². The Kier molecular flexibility index (Phi) is 6.01. The zero-order chi connectivity index (χ0) is 14.3. The molecule has 1 aromatic heterocycles. The average molecular weight is 268 g/mol. The molecule has 7 heteroatoms. The molecule has 0 radical (unpaired) electrons. The summed E-state index contributed by atoms with van der Waals surface area (Å²) in [4.78, 5) is 14.5. The van der Waals surface area contributed by atoms with Crippen LogP contribution in [0.4, 0.5) is 17.3 Å². The Morgan fingerprint density at radius 3 is 2.79 bits per heavy atom. The number of nitro groups is 1. The first-order chi connectivity index (χ1) is 9.04. The Morgan fingerprint density at radius 2 is 2.21 bits per heavy atom. The number of hydrogen-bond acceptors (Lipinski definition) is 6. The second kappa shape index (κ2) is 7.52. The average Bonchev–Trinajstić information content (AvgIpc) is 2.37. The van der Waals surface area contributed by atoms with E-state index in [1.165, 1.54) is 6.07 Å². The van der Waals surface area contributed by atoms with Gasteiger partial charge in [0.15, 0.2) is 0 Å². The quantitative estimate of drug-likeness (QED) is 0.426. The molecule has 0 unspecified atom stereocenters. The summed E-state index contributed by atoms with van der Waals surface area (Å²) in [6.45, 7) is 5.77. The second-order valence-corrected chi connectivity index (χ2v) is 4.47. The van der Waals surface area contributed by atoms with E-state index in [0.717, 1.165) is 0 Å². The molecule has 7 nitrogen and oxygen atoms in total. The lowest BCUT2D eigenvalue weighted by atomic mass is 10.2. The topological polar surface area (TPSA) is 89.3 Å². The lowest BCUT2D eigenvalue weighted by molar-refractivity contribution is -0.384. The molecule has 2 N–H and O–H groups in total. The standard InChI is InChI=1S/C12H20N4O3/c1-9(2)8-19-7-6-14-12-10(16(17)18)4-5-11(13-3)15-12/h4-5,9H,6-8H2,1-3H3,(H2,13,14,15). The molecule has 1 heterocycles. The summed E-state index contributed by atoms with van der Waals surface area (Å²) < 4.78 is 5.40. The summed E-state index contributed by atoms with van der Waals surface area (Å²) in [6.07, 6.45) is 0. The molecule has 0 atom stereocenters. The molecule has 1 rings (SSSR count). The number of anilines is 2. The van der Waals surface area contributed by atoms with Gasteiger partial charge in [0.1, 0.15) is 5.82 Å². The van der Waals surface area contributed by atoms with Gasteiger partial charge in [-0.3, -0.25) is 10.1 Å². The summed E-state index contributed by atoms with van der Waals surface area (Å²) >= 11 is 0. The zero-order valence-electron chi connectivity index (χ0n) is 11.5. The third-order valence-corrected chi connectivity index (χ3v) is 2.32. The molecule has 0 aliphatic heterocycles. The van der Waals surface area contributed by atoms with Crippen molar-refractivity contribution >= 4 is 17.3 Å². The van der Waals surface area contributed by atoms with Crippen molar-refractivity contribution in [2.75, 3.05) is 37.4 Å². The Balaban J connectivity index is 2.57. The second-order valence-electron chi connectivity index (χ2n) is 4.47. The van der Waals surface area contributed by atoms with Gasteiger partial charge in [-0.15, -0.1) is 0 Å². The van der Waals surface area contributed by atoms with Gasteiger partial charge < -0.3 is 15.4 Å². The lowest BCUT2D eigenvalue weighted by Crippen LogP contribution is -2.14. The van der Waals surface area contributed by atoms with Crippen molar-refractivity contribution in [1.82, 2.24) is 4.98 Å². The molecule has 0 aromatic carbocycles. The van der Waals surface area contributed by atoms with Gasteiger partial charge in [0, 0.05) is 26.3 Å². The van der Waals surface area contributed by atoms with E-state index in [-0.39, 0.29) is 11.5 Å². The molecule has 0 spiro atoms. The van der Waals surface area contributed by atoms with Crippen LogP contribution in [0.2, 0.25) is 0 Å². The fraction of sp³-hybridized carbons (Fsp3) is 0.583. The third kappa shape index (κ3) is 5.09. The molecular weight excluding hydrogens is 248 g/mol. The van der Waals surface area contributed by atoms with Crippen molar-refractivity contribution in [3.05, 3.63) is 22.2 Å². The summed E-state index contributed by atoms with van der Waals surface area (Å²) in [5.74, 6) is 1.31.